The first-order chi connectivity index (χ1) is 16.3. The number of hydrogen-bond acceptors (Lipinski definition) is 6. The third-order valence-corrected chi connectivity index (χ3v) is 5.68. The van der Waals surface area contributed by atoms with Crippen molar-refractivity contribution in [2.45, 2.75) is 6.92 Å². The molecule has 0 saturated heterocycles. The molecule has 8 heteroatoms. The Kier molecular flexibility index (Phi) is 6.14. The highest BCUT2D eigenvalue weighted by molar-refractivity contribution is 6.46. The summed E-state index contributed by atoms with van der Waals surface area (Å²) >= 11 is 0. The van der Waals surface area contributed by atoms with Crippen molar-refractivity contribution in [1.29, 1.82) is 0 Å². The Morgan fingerprint density at radius 3 is 2.09 bits per heavy atom. The maximum absolute atomic E-state index is 13.8. The lowest BCUT2D eigenvalue weighted by Gasteiger charge is -2.25. The van der Waals surface area contributed by atoms with E-state index in [1.54, 1.807) is 23.1 Å². The lowest BCUT2D eigenvalue weighted by atomic mass is 10.0. The largest absolute Gasteiger partial charge is 0.378 e. The molecule has 0 spiro atoms. The van der Waals surface area contributed by atoms with Crippen molar-refractivity contribution in [3.63, 3.8) is 0 Å². The fourth-order valence-electron chi connectivity index (χ4n) is 4.00. The fraction of sp³-hybridized carbons (Fsp3) is 0.154. The number of para-hydroxylation sites is 1. The highest BCUT2D eigenvalue weighted by Gasteiger charge is 2.42. The minimum absolute atomic E-state index is 0.0892. The van der Waals surface area contributed by atoms with Gasteiger partial charge in [-0.15, -0.1) is 0 Å². The molecule has 0 unspecified atom stereocenters. The minimum atomic E-state index is -0.498. The van der Waals surface area contributed by atoms with Crippen LogP contribution in [0.15, 0.2) is 84.6 Å². The first-order valence-corrected chi connectivity index (χ1v) is 10.8. The van der Waals surface area contributed by atoms with Crippen LogP contribution in [0.3, 0.4) is 0 Å². The molecular formula is C26H24N4O4. The topological polar surface area (TPSA) is 87.0 Å². The third-order valence-electron chi connectivity index (χ3n) is 5.68. The Labute approximate surface area is 197 Å². The molecule has 0 aromatic heterocycles. The van der Waals surface area contributed by atoms with Crippen molar-refractivity contribution < 1.29 is 14.5 Å². The van der Waals surface area contributed by atoms with Crippen LogP contribution >= 0.6 is 0 Å². The SMILES string of the molecule is CCN(C1=C(c2ccc([N+](=O)[O-])cc2)C(=O)N(c2cccc(N(C)C)c2)C1=O)c1ccccc1. The van der Waals surface area contributed by atoms with Gasteiger partial charge in [0.25, 0.3) is 17.5 Å². The lowest BCUT2D eigenvalue weighted by Crippen LogP contribution is -2.35. The second-order valence-corrected chi connectivity index (χ2v) is 7.97. The summed E-state index contributed by atoms with van der Waals surface area (Å²) in [7, 11) is 3.76. The van der Waals surface area contributed by atoms with Crippen LogP contribution in [0.2, 0.25) is 0 Å². The van der Waals surface area contributed by atoms with E-state index in [1.807, 2.05) is 62.3 Å². The standard InChI is InChI=1S/C26H24N4O4/c1-4-28(19-9-6-5-7-10-19)24-23(18-13-15-20(16-14-18)30(33)34)25(31)29(26(24)32)22-12-8-11-21(17-22)27(2)3/h5-17H,4H2,1-3H3. The number of nitro benzene ring substituents is 1. The van der Waals surface area contributed by atoms with E-state index in [2.05, 4.69) is 0 Å². The molecule has 2 amide bonds. The number of benzene rings is 3. The van der Waals surface area contributed by atoms with Crippen LogP contribution in [0.5, 0.6) is 0 Å². The molecule has 1 heterocycles. The van der Waals surface area contributed by atoms with Crippen molar-refractivity contribution >= 4 is 40.1 Å². The highest BCUT2D eigenvalue weighted by atomic mass is 16.6. The molecule has 4 rings (SSSR count). The van der Waals surface area contributed by atoms with Crippen LogP contribution < -0.4 is 14.7 Å². The number of carbonyl (C=O) groups is 2. The second kappa shape index (κ2) is 9.19. The molecule has 0 bridgehead atoms. The van der Waals surface area contributed by atoms with Crippen molar-refractivity contribution in [1.82, 2.24) is 0 Å². The molecule has 0 saturated carbocycles. The van der Waals surface area contributed by atoms with Crippen LogP contribution in [0.1, 0.15) is 12.5 Å². The summed E-state index contributed by atoms with van der Waals surface area (Å²) in [5.41, 5.74) is 2.87. The number of amides is 2. The van der Waals surface area contributed by atoms with Gasteiger partial charge in [-0.2, -0.15) is 0 Å². The minimum Gasteiger partial charge on any atom is -0.378 e. The predicted molar refractivity (Wildman–Crippen MR) is 133 cm³/mol. The molecule has 1 aliphatic heterocycles. The van der Waals surface area contributed by atoms with Crippen molar-refractivity contribution in [3.05, 3.63) is 100 Å². The fourth-order valence-corrected chi connectivity index (χ4v) is 4.00. The summed E-state index contributed by atoms with van der Waals surface area (Å²) in [6, 6.07) is 22.2. The van der Waals surface area contributed by atoms with E-state index in [1.165, 1.54) is 29.2 Å². The average Bonchev–Trinajstić information content (AvgIpc) is 3.10. The Bertz CT molecular complexity index is 1280. The maximum Gasteiger partial charge on any atom is 0.282 e. The molecular weight excluding hydrogens is 432 g/mol. The van der Waals surface area contributed by atoms with Crippen LogP contribution in [0, 0.1) is 10.1 Å². The molecule has 0 atom stereocenters. The monoisotopic (exact) mass is 456 g/mol. The van der Waals surface area contributed by atoms with Gasteiger partial charge in [0, 0.05) is 44.1 Å². The maximum atomic E-state index is 13.8. The molecule has 172 valence electrons. The average molecular weight is 457 g/mol. The van der Waals surface area contributed by atoms with Gasteiger partial charge in [0.2, 0.25) is 0 Å². The highest BCUT2D eigenvalue weighted by Crippen LogP contribution is 2.37. The number of rotatable bonds is 7. The number of anilines is 3. The summed E-state index contributed by atoms with van der Waals surface area (Å²) in [4.78, 5) is 43.1. The van der Waals surface area contributed by atoms with Gasteiger partial charge in [-0.05, 0) is 55.0 Å². The van der Waals surface area contributed by atoms with E-state index in [4.69, 9.17) is 0 Å². The first kappa shape index (κ1) is 22.7. The summed E-state index contributed by atoms with van der Waals surface area (Å²) < 4.78 is 0. The molecule has 1 aliphatic rings. The van der Waals surface area contributed by atoms with Crippen LogP contribution in [-0.4, -0.2) is 37.4 Å². The lowest BCUT2D eigenvalue weighted by molar-refractivity contribution is -0.384. The van der Waals surface area contributed by atoms with Crippen molar-refractivity contribution in [2.24, 2.45) is 0 Å². The first-order valence-electron chi connectivity index (χ1n) is 10.8. The molecule has 0 fully saturated rings. The summed E-state index contributed by atoms with van der Waals surface area (Å²) in [6.07, 6.45) is 0. The molecule has 3 aromatic carbocycles. The van der Waals surface area contributed by atoms with E-state index in [-0.39, 0.29) is 17.0 Å². The van der Waals surface area contributed by atoms with Gasteiger partial charge in [-0.1, -0.05) is 24.3 Å². The van der Waals surface area contributed by atoms with Crippen LogP contribution in [-0.2, 0) is 9.59 Å². The van der Waals surface area contributed by atoms with Gasteiger partial charge in [0.1, 0.15) is 5.70 Å². The van der Waals surface area contributed by atoms with Crippen molar-refractivity contribution in [3.8, 4) is 0 Å². The number of imide groups is 1. The Balaban J connectivity index is 1.89. The van der Waals surface area contributed by atoms with Gasteiger partial charge < -0.3 is 9.80 Å². The van der Waals surface area contributed by atoms with Gasteiger partial charge in [0.15, 0.2) is 0 Å². The number of carbonyl (C=O) groups excluding carboxylic acids is 2. The van der Waals surface area contributed by atoms with Gasteiger partial charge in [-0.3, -0.25) is 19.7 Å². The number of nitrogens with zero attached hydrogens (tertiary/aromatic N) is 4. The normalized spacial score (nSPS) is 13.4. The van der Waals surface area contributed by atoms with Gasteiger partial charge in [-0.25, -0.2) is 4.90 Å². The molecule has 0 radical (unpaired) electrons. The molecule has 0 aliphatic carbocycles. The van der Waals surface area contributed by atoms with E-state index >= 15 is 0 Å². The van der Waals surface area contributed by atoms with E-state index in [0.29, 0.717) is 17.8 Å². The molecule has 0 N–H and O–H groups in total. The quantitative estimate of drug-likeness (QED) is 0.296. The zero-order chi connectivity index (χ0) is 24.4. The van der Waals surface area contributed by atoms with Crippen LogP contribution in [0.4, 0.5) is 22.7 Å². The van der Waals surface area contributed by atoms with E-state index in [9.17, 15) is 19.7 Å². The van der Waals surface area contributed by atoms with E-state index < -0.39 is 16.7 Å². The Hall–Kier alpha value is -4.46. The zero-order valence-corrected chi connectivity index (χ0v) is 19.1. The van der Waals surface area contributed by atoms with Crippen molar-refractivity contribution in [2.75, 3.05) is 35.3 Å². The number of likely N-dealkylation sites (N-methyl/N-ethyl adjacent to an activating group) is 1. The summed E-state index contributed by atoms with van der Waals surface area (Å²) in [5.74, 6) is -0.917. The van der Waals surface area contributed by atoms with Gasteiger partial charge in [0.05, 0.1) is 16.2 Å². The smallest absolute Gasteiger partial charge is 0.282 e. The predicted octanol–water partition coefficient (Wildman–Crippen LogP) is 4.47. The molecule has 34 heavy (non-hydrogen) atoms. The third kappa shape index (κ3) is 4.01. The number of non-ortho nitro benzene ring substituents is 1. The zero-order valence-electron chi connectivity index (χ0n) is 19.1. The summed E-state index contributed by atoms with van der Waals surface area (Å²) in [5, 5.41) is 11.1. The van der Waals surface area contributed by atoms with E-state index in [0.717, 1.165) is 11.4 Å². The number of nitro groups is 1. The van der Waals surface area contributed by atoms with Gasteiger partial charge >= 0.3 is 0 Å². The van der Waals surface area contributed by atoms with Crippen LogP contribution in [0.25, 0.3) is 5.57 Å². The molecule has 8 nitrogen and oxygen atoms in total. The Morgan fingerprint density at radius 2 is 1.50 bits per heavy atom. The molecule has 3 aromatic rings. The summed E-state index contributed by atoms with van der Waals surface area (Å²) in [6.45, 7) is 2.35. The Morgan fingerprint density at radius 1 is 0.853 bits per heavy atom. The number of hydrogen-bond donors (Lipinski definition) is 0. The second-order valence-electron chi connectivity index (χ2n) is 7.97.